The molecule has 1 atom stereocenters. The molecule has 1 saturated heterocycles. The van der Waals surface area contributed by atoms with E-state index >= 15 is 0 Å². The van der Waals surface area contributed by atoms with E-state index in [1.165, 1.54) is 0 Å². The van der Waals surface area contributed by atoms with Gasteiger partial charge < -0.3 is 15.2 Å². The van der Waals surface area contributed by atoms with Gasteiger partial charge in [0.25, 0.3) is 0 Å². The van der Waals surface area contributed by atoms with Crippen molar-refractivity contribution >= 4 is 26.8 Å². The summed E-state index contributed by atoms with van der Waals surface area (Å²) in [6.07, 6.45) is 2.50. The van der Waals surface area contributed by atoms with Gasteiger partial charge in [-0.15, -0.1) is 0 Å². The Morgan fingerprint density at radius 3 is 3.10 bits per heavy atom. The molecule has 1 fully saturated rings. The number of halogens is 1. The first kappa shape index (κ1) is 13.9. The third-order valence-corrected chi connectivity index (χ3v) is 4.34. The van der Waals surface area contributed by atoms with Crippen molar-refractivity contribution in [1.82, 2.24) is 10.3 Å². The number of aromatic nitrogens is 1. The van der Waals surface area contributed by atoms with E-state index in [4.69, 9.17) is 4.74 Å². The molecule has 0 bridgehead atoms. The number of rotatable bonds is 4. The van der Waals surface area contributed by atoms with Gasteiger partial charge in [-0.1, -0.05) is 28.1 Å². The van der Waals surface area contributed by atoms with E-state index in [0.717, 1.165) is 20.9 Å². The van der Waals surface area contributed by atoms with Gasteiger partial charge in [0.2, 0.25) is 0 Å². The molecule has 1 aliphatic heterocycles. The van der Waals surface area contributed by atoms with Gasteiger partial charge in [0.1, 0.15) is 5.60 Å². The Balaban J connectivity index is 1.73. The highest BCUT2D eigenvalue weighted by molar-refractivity contribution is 9.10. The van der Waals surface area contributed by atoms with E-state index in [9.17, 15) is 5.11 Å². The molecule has 0 amide bonds. The normalized spacial score (nSPS) is 22.5. The number of fused-ring (bicyclic) bond motifs is 1. The zero-order valence-corrected chi connectivity index (χ0v) is 12.7. The molecule has 2 N–H and O–H groups in total. The molecule has 0 saturated carbocycles. The summed E-state index contributed by atoms with van der Waals surface area (Å²) in [5, 5.41) is 14.6. The standard InChI is InChI=1S/C15H17BrN2O2/c16-13-4-3-11(14-12(13)2-1-6-18-14)8-17-9-15(19)5-7-20-10-15/h1-4,6,17,19H,5,7-10H2/t15-/m1/s1. The molecular formula is C15H17BrN2O2. The Bertz CT molecular complexity index is 612. The average Bonchev–Trinajstić information content (AvgIpc) is 2.89. The van der Waals surface area contributed by atoms with Gasteiger partial charge in [-0.3, -0.25) is 4.98 Å². The number of hydrogen-bond acceptors (Lipinski definition) is 4. The molecule has 0 spiro atoms. The van der Waals surface area contributed by atoms with Crippen molar-refractivity contribution in [3.05, 3.63) is 40.5 Å². The SMILES string of the molecule is O[C@@]1(CNCc2ccc(Br)c3cccnc23)CCOC1. The fraction of sp³-hybridized carbons (Fsp3) is 0.400. The largest absolute Gasteiger partial charge is 0.386 e. The highest BCUT2D eigenvalue weighted by atomic mass is 79.9. The molecule has 1 aromatic carbocycles. The molecule has 4 nitrogen and oxygen atoms in total. The Hall–Kier alpha value is -1.01. The number of pyridine rings is 1. The minimum absolute atomic E-state index is 0.416. The maximum Gasteiger partial charge on any atom is 0.102 e. The predicted octanol–water partition coefficient (Wildman–Crippen LogP) is 2.24. The van der Waals surface area contributed by atoms with Gasteiger partial charge in [0, 0.05) is 42.2 Å². The van der Waals surface area contributed by atoms with Crippen LogP contribution in [0.25, 0.3) is 10.9 Å². The molecule has 3 rings (SSSR count). The lowest BCUT2D eigenvalue weighted by Gasteiger charge is -2.21. The van der Waals surface area contributed by atoms with E-state index in [-0.39, 0.29) is 0 Å². The molecule has 1 aromatic heterocycles. The molecule has 5 heteroatoms. The van der Waals surface area contributed by atoms with Crippen LogP contribution in [0.15, 0.2) is 34.9 Å². The summed E-state index contributed by atoms with van der Waals surface area (Å²) in [5.74, 6) is 0. The zero-order chi connectivity index (χ0) is 14.0. The first-order chi connectivity index (χ1) is 9.68. The van der Waals surface area contributed by atoms with Crippen molar-refractivity contribution in [2.24, 2.45) is 0 Å². The lowest BCUT2D eigenvalue weighted by Crippen LogP contribution is -2.40. The third-order valence-electron chi connectivity index (χ3n) is 3.65. The second-order valence-corrected chi connectivity index (χ2v) is 6.09. The fourth-order valence-electron chi connectivity index (χ4n) is 2.50. The molecular weight excluding hydrogens is 320 g/mol. The number of ether oxygens (including phenoxy) is 1. The van der Waals surface area contributed by atoms with Crippen LogP contribution in [0.3, 0.4) is 0 Å². The van der Waals surface area contributed by atoms with Crippen LogP contribution in [-0.2, 0) is 11.3 Å². The van der Waals surface area contributed by atoms with Crippen LogP contribution in [0.1, 0.15) is 12.0 Å². The van der Waals surface area contributed by atoms with Crippen LogP contribution in [0.2, 0.25) is 0 Å². The van der Waals surface area contributed by atoms with E-state index < -0.39 is 5.60 Å². The smallest absolute Gasteiger partial charge is 0.102 e. The maximum atomic E-state index is 10.2. The van der Waals surface area contributed by atoms with E-state index in [0.29, 0.717) is 32.7 Å². The monoisotopic (exact) mass is 336 g/mol. The van der Waals surface area contributed by atoms with Crippen molar-refractivity contribution in [3.63, 3.8) is 0 Å². The average molecular weight is 337 g/mol. The lowest BCUT2D eigenvalue weighted by molar-refractivity contribution is 0.0269. The van der Waals surface area contributed by atoms with E-state index in [1.807, 2.05) is 18.2 Å². The number of nitrogens with one attached hydrogen (secondary N) is 1. The van der Waals surface area contributed by atoms with Crippen molar-refractivity contribution in [3.8, 4) is 0 Å². The van der Waals surface area contributed by atoms with E-state index in [2.05, 4.69) is 32.3 Å². The van der Waals surface area contributed by atoms with Crippen molar-refractivity contribution in [1.29, 1.82) is 0 Å². The first-order valence-corrected chi connectivity index (χ1v) is 7.50. The number of hydrogen-bond donors (Lipinski definition) is 2. The Morgan fingerprint density at radius 1 is 1.40 bits per heavy atom. The van der Waals surface area contributed by atoms with Crippen molar-refractivity contribution in [2.75, 3.05) is 19.8 Å². The van der Waals surface area contributed by atoms with E-state index in [1.54, 1.807) is 6.20 Å². The van der Waals surface area contributed by atoms with Crippen LogP contribution >= 0.6 is 15.9 Å². The van der Waals surface area contributed by atoms with Crippen LogP contribution < -0.4 is 5.32 Å². The molecule has 106 valence electrons. The minimum Gasteiger partial charge on any atom is -0.386 e. The Kier molecular flexibility index (Phi) is 4.03. The van der Waals surface area contributed by atoms with Gasteiger partial charge in [0.15, 0.2) is 0 Å². The summed E-state index contributed by atoms with van der Waals surface area (Å²) in [7, 11) is 0. The molecule has 2 aromatic rings. The highest BCUT2D eigenvalue weighted by Crippen LogP contribution is 2.25. The summed E-state index contributed by atoms with van der Waals surface area (Å²) in [6, 6.07) is 8.08. The molecule has 20 heavy (non-hydrogen) atoms. The zero-order valence-electron chi connectivity index (χ0n) is 11.1. The van der Waals surface area contributed by atoms with Gasteiger partial charge in [-0.2, -0.15) is 0 Å². The fourth-order valence-corrected chi connectivity index (χ4v) is 2.96. The van der Waals surface area contributed by atoms with Gasteiger partial charge in [-0.05, 0) is 17.7 Å². The lowest BCUT2D eigenvalue weighted by atomic mass is 10.0. The summed E-state index contributed by atoms with van der Waals surface area (Å²) in [4.78, 5) is 4.45. The predicted molar refractivity (Wildman–Crippen MR) is 81.5 cm³/mol. The Morgan fingerprint density at radius 2 is 2.30 bits per heavy atom. The molecule has 0 radical (unpaired) electrons. The minimum atomic E-state index is -0.724. The Labute approximate surface area is 126 Å². The number of benzene rings is 1. The summed E-state index contributed by atoms with van der Waals surface area (Å²) in [5.41, 5.74) is 1.40. The topological polar surface area (TPSA) is 54.4 Å². The second kappa shape index (κ2) is 5.77. The van der Waals surface area contributed by atoms with Crippen LogP contribution in [0, 0.1) is 0 Å². The van der Waals surface area contributed by atoms with Gasteiger partial charge >= 0.3 is 0 Å². The summed E-state index contributed by atoms with van der Waals surface area (Å²) < 4.78 is 6.29. The summed E-state index contributed by atoms with van der Waals surface area (Å²) in [6.45, 7) is 2.28. The quantitative estimate of drug-likeness (QED) is 0.899. The van der Waals surface area contributed by atoms with Crippen LogP contribution in [-0.4, -0.2) is 35.5 Å². The van der Waals surface area contributed by atoms with Gasteiger partial charge in [-0.25, -0.2) is 0 Å². The van der Waals surface area contributed by atoms with Crippen molar-refractivity contribution < 1.29 is 9.84 Å². The van der Waals surface area contributed by atoms with Crippen molar-refractivity contribution in [2.45, 2.75) is 18.6 Å². The van der Waals surface area contributed by atoms with Crippen LogP contribution in [0.5, 0.6) is 0 Å². The summed E-state index contributed by atoms with van der Waals surface area (Å²) >= 11 is 3.54. The number of aliphatic hydroxyl groups is 1. The molecule has 0 aliphatic carbocycles. The van der Waals surface area contributed by atoms with Gasteiger partial charge in [0.05, 0.1) is 12.1 Å². The first-order valence-electron chi connectivity index (χ1n) is 6.71. The third kappa shape index (κ3) is 2.86. The molecule has 2 heterocycles. The highest BCUT2D eigenvalue weighted by Gasteiger charge is 2.31. The number of nitrogens with zero attached hydrogens (tertiary/aromatic N) is 1. The molecule has 1 aliphatic rings. The molecule has 0 unspecified atom stereocenters. The maximum absolute atomic E-state index is 10.2. The second-order valence-electron chi connectivity index (χ2n) is 5.24. The van der Waals surface area contributed by atoms with Crippen LogP contribution in [0.4, 0.5) is 0 Å².